The van der Waals surface area contributed by atoms with Gasteiger partial charge in [0.05, 0.1) is 6.54 Å². The van der Waals surface area contributed by atoms with E-state index < -0.39 is 0 Å². The van der Waals surface area contributed by atoms with Crippen LogP contribution in [0.15, 0.2) is 0 Å². The fraction of sp³-hybridized carbons (Fsp3) is 0.923. The van der Waals surface area contributed by atoms with Crippen molar-refractivity contribution < 1.29 is 4.79 Å². The van der Waals surface area contributed by atoms with Crippen LogP contribution in [-0.2, 0) is 4.79 Å². The van der Waals surface area contributed by atoms with Crippen molar-refractivity contribution in [3.8, 4) is 0 Å². The highest BCUT2D eigenvalue weighted by Gasteiger charge is 2.14. The summed E-state index contributed by atoms with van der Waals surface area (Å²) in [6.07, 6.45) is 6.82. The molecular formula is C13H26N2O. The molecule has 3 nitrogen and oxygen atoms in total. The second-order valence-electron chi connectivity index (χ2n) is 5.31. The van der Waals surface area contributed by atoms with Gasteiger partial charge in [0.1, 0.15) is 0 Å². The van der Waals surface area contributed by atoms with Crippen LogP contribution in [0.4, 0.5) is 0 Å². The van der Waals surface area contributed by atoms with Gasteiger partial charge in [-0.1, -0.05) is 39.5 Å². The van der Waals surface area contributed by atoms with E-state index >= 15 is 0 Å². The van der Waals surface area contributed by atoms with E-state index in [1.165, 1.54) is 32.1 Å². The van der Waals surface area contributed by atoms with Crippen molar-refractivity contribution in [1.82, 2.24) is 10.6 Å². The summed E-state index contributed by atoms with van der Waals surface area (Å²) in [4.78, 5) is 11.4. The molecule has 0 radical (unpaired) electrons. The lowest BCUT2D eigenvalue weighted by molar-refractivity contribution is -0.120. The number of amides is 1. The molecule has 1 rings (SSSR count). The minimum atomic E-state index is 0.125. The van der Waals surface area contributed by atoms with Crippen LogP contribution in [0.1, 0.15) is 46.0 Å². The van der Waals surface area contributed by atoms with Crippen molar-refractivity contribution in [2.75, 3.05) is 19.6 Å². The third-order valence-corrected chi connectivity index (χ3v) is 3.20. The smallest absolute Gasteiger partial charge is 0.233 e. The Bertz CT molecular complexity index is 198. The Morgan fingerprint density at radius 3 is 2.62 bits per heavy atom. The first-order valence-electron chi connectivity index (χ1n) is 6.66. The number of rotatable bonds is 7. The number of nitrogens with one attached hydrogen (secondary N) is 2. The predicted molar refractivity (Wildman–Crippen MR) is 67.3 cm³/mol. The van der Waals surface area contributed by atoms with Gasteiger partial charge >= 0.3 is 0 Å². The Morgan fingerprint density at radius 2 is 2.00 bits per heavy atom. The second-order valence-corrected chi connectivity index (χ2v) is 5.31. The van der Waals surface area contributed by atoms with Crippen LogP contribution < -0.4 is 10.6 Å². The number of carbonyl (C=O) groups is 1. The average molecular weight is 226 g/mol. The first-order valence-corrected chi connectivity index (χ1v) is 6.66. The molecule has 94 valence electrons. The van der Waals surface area contributed by atoms with E-state index in [0.717, 1.165) is 19.0 Å². The van der Waals surface area contributed by atoms with Gasteiger partial charge in [0.2, 0.25) is 5.91 Å². The molecule has 3 heteroatoms. The molecule has 16 heavy (non-hydrogen) atoms. The van der Waals surface area contributed by atoms with Gasteiger partial charge in [0, 0.05) is 6.54 Å². The molecule has 1 aliphatic rings. The van der Waals surface area contributed by atoms with Gasteiger partial charge in [-0.05, 0) is 24.8 Å². The molecule has 0 spiro atoms. The highest BCUT2D eigenvalue weighted by atomic mass is 16.1. The van der Waals surface area contributed by atoms with Crippen LogP contribution in [0.25, 0.3) is 0 Å². The molecule has 0 unspecified atom stereocenters. The summed E-state index contributed by atoms with van der Waals surface area (Å²) in [5, 5.41) is 6.13. The Kier molecular flexibility index (Phi) is 6.46. The third kappa shape index (κ3) is 6.11. The fourth-order valence-corrected chi connectivity index (χ4v) is 2.19. The molecule has 0 aromatic carbocycles. The minimum absolute atomic E-state index is 0.125. The molecule has 0 saturated heterocycles. The molecule has 0 aromatic heterocycles. The maximum Gasteiger partial charge on any atom is 0.233 e. The van der Waals surface area contributed by atoms with Crippen molar-refractivity contribution in [2.24, 2.45) is 11.8 Å². The van der Waals surface area contributed by atoms with Crippen molar-refractivity contribution in [3.63, 3.8) is 0 Å². The lowest BCUT2D eigenvalue weighted by Gasteiger charge is -2.10. The Hall–Kier alpha value is -0.570. The Morgan fingerprint density at radius 1 is 1.31 bits per heavy atom. The molecule has 0 aromatic rings. The SMILES string of the molecule is CC(C)CNC(=O)CNCCC1CCCC1. The van der Waals surface area contributed by atoms with Crippen molar-refractivity contribution in [2.45, 2.75) is 46.0 Å². The second kappa shape index (κ2) is 7.66. The van der Waals surface area contributed by atoms with E-state index in [9.17, 15) is 4.79 Å². The standard InChI is InChI=1S/C13H26N2O/c1-11(2)9-15-13(16)10-14-8-7-12-5-3-4-6-12/h11-12,14H,3-10H2,1-2H3,(H,15,16). The van der Waals surface area contributed by atoms with Gasteiger partial charge in [0.15, 0.2) is 0 Å². The van der Waals surface area contributed by atoms with Gasteiger partial charge in [-0.2, -0.15) is 0 Å². The van der Waals surface area contributed by atoms with Crippen molar-refractivity contribution >= 4 is 5.91 Å². The maximum absolute atomic E-state index is 11.4. The topological polar surface area (TPSA) is 41.1 Å². The van der Waals surface area contributed by atoms with E-state index in [1.54, 1.807) is 0 Å². The van der Waals surface area contributed by atoms with E-state index in [4.69, 9.17) is 0 Å². The lowest BCUT2D eigenvalue weighted by atomic mass is 10.0. The van der Waals surface area contributed by atoms with Crippen LogP contribution in [0.3, 0.4) is 0 Å². The highest BCUT2D eigenvalue weighted by Crippen LogP contribution is 2.26. The minimum Gasteiger partial charge on any atom is -0.355 e. The summed E-state index contributed by atoms with van der Waals surface area (Å²) in [5.41, 5.74) is 0. The molecule has 2 N–H and O–H groups in total. The highest BCUT2D eigenvalue weighted by molar-refractivity contribution is 5.77. The molecule has 1 saturated carbocycles. The van der Waals surface area contributed by atoms with Crippen LogP contribution >= 0.6 is 0 Å². The van der Waals surface area contributed by atoms with Crippen LogP contribution in [0.2, 0.25) is 0 Å². The summed E-state index contributed by atoms with van der Waals surface area (Å²) in [7, 11) is 0. The van der Waals surface area contributed by atoms with Gasteiger partial charge < -0.3 is 10.6 Å². The van der Waals surface area contributed by atoms with Gasteiger partial charge in [-0.15, -0.1) is 0 Å². The van der Waals surface area contributed by atoms with E-state index in [2.05, 4.69) is 24.5 Å². The van der Waals surface area contributed by atoms with Gasteiger partial charge in [0.25, 0.3) is 0 Å². The average Bonchev–Trinajstić information content (AvgIpc) is 2.74. The Balaban J connectivity index is 1.91. The van der Waals surface area contributed by atoms with E-state index in [0.29, 0.717) is 12.5 Å². The number of hydrogen-bond acceptors (Lipinski definition) is 2. The fourth-order valence-electron chi connectivity index (χ4n) is 2.19. The van der Waals surface area contributed by atoms with Crippen LogP contribution in [-0.4, -0.2) is 25.5 Å². The molecule has 0 aliphatic heterocycles. The first-order chi connectivity index (χ1) is 7.68. The maximum atomic E-state index is 11.4. The zero-order valence-electron chi connectivity index (χ0n) is 10.7. The lowest BCUT2D eigenvalue weighted by Crippen LogP contribution is -2.36. The summed E-state index contributed by atoms with van der Waals surface area (Å²) in [6.45, 7) is 6.45. The van der Waals surface area contributed by atoms with Gasteiger partial charge in [-0.3, -0.25) is 4.79 Å². The molecule has 0 bridgehead atoms. The van der Waals surface area contributed by atoms with E-state index in [-0.39, 0.29) is 5.91 Å². The molecule has 1 fully saturated rings. The zero-order valence-corrected chi connectivity index (χ0v) is 10.7. The molecule has 1 amide bonds. The van der Waals surface area contributed by atoms with Crippen LogP contribution in [0, 0.1) is 11.8 Å². The summed E-state index contributed by atoms with van der Waals surface area (Å²) >= 11 is 0. The van der Waals surface area contributed by atoms with Crippen molar-refractivity contribution in [1.29, 1.82) is 0 Å². The predicted octanol–water partition coefficient (Wildman–Crippen LogP) is 1.93. The quantitative estimate of drug-likeness (QED) is 0.651. The first kappa shape index (κ1) is 13.5. The molecule has 0 atom stereocenters. The van der Waals surface area contributed by atoms with Crippen LogP contribution in [0.5, 0.6) is 0 Å². The molecule has 0 heterocycles. The summed E-state index contributed by atoms with van der Waals surface area (Å²) in [6, 6.07) is 0. The third-order valence-electron chi connectivity index (χ3n) is 3.20. The monoisotopic (exact) mass is 226 g/mol. The van der Waals surface area contributed by atoms with Crippen molar-refractivity contribution in [3.05, 3.63) is 0 Å². The molecule has 1 aliphatic carbocycles. The summed E-state index contributed by atoms with van der Waals surface area (Å²) < 4.78 is 0. The van der Waals surface area contributed by atoms with Gasteiger partial charge in [-0.25, -0.2) is 0 Å². The number of carbonyl (C=O) groups excluding carboxylic acids is 1. The largest absolute Gasteiger partial charge is 0.355 e. The normalized spacial score (nSPS) is 16.9. The Labute approximate surface area is 99.4 Å². The zero-order chi connectivity index (χ0) is 11.8. The summed E-state index contributed by atoms with van der Waals surface area (Å²) in [5.74, 6) is 1.56. The van der Waals surface area contributed by atoms with E-state index in [1.807, 2.05) is 0 Å². The molecular weight excluding hydrogens is 200 g/mol. The number of hydrogen-bond donors (Lipinski definition) is 2.